The molecule has 4 nitrogen and oxygen atoms in total. The van der Waals surface area contributed by atoms with Crippen LogP contribution in [0.25, 0.3) is 17.5 Å². The summed E-state index contributed by atoms with van der Waals surface area (Å²) in [5.74, 6) is -2.22. The zero-order valence-corrected chi connectivity index (χ0v) is 22.7. The molecule has 0 fully saturated rings. The van der Waals surface area contributed by atoms with Gasteiger partial charge in [-0.15, -0.1) is 11.8 Å². The highest BCUT2D eigenvalue weighted by Gasteiger charge is 2.55. The lowest BCUT2D eigenvalue weighted by molar-refractivity contribution is -0.282. The summed E-state index contributed by atoms with van der Waals surface area (Å²) in [6, 6.07) is 3.88. The number of aromatic nitrogens is 2. The maximum Gasteiger partial charge on any atom is 0.453 e. The Hall–Kier alpha value is -3.27. The smallest absolute Gasteiger partial charge is 0.453 e. The third kappa shape index (κ3) is 9.89. The molecule has 0 aliphatic heterocycles. The van der Waals surface area contributed by atoms with Gasteiger partial charge in [0.2, 0.25) is 0 Å². The van der Waals surface area contributed by atoms with E-state index in [1.54, 1.807) is 37.2 Å². The molecule has 2 heterocycles. The topological polar surface area (TPSA) is 52.1 Å². The Balaban J connectivity index is 0.000000686. The molecule has 0 saturated heterocycles. The number of pyridine rings is 2. The van der Waals surface area contributed by atoms with Crippen molar-refractivity contribution in [3.8, 4) is 17.1 Å². The van der Waals surface area contributed by atoms with Crippen LogP contribution >= 0.6 is 11.8 Å². The van der Waals surface area contributed by atoms with E-state index in [0.717, 1.165) is 40.3 Å². The van der Waals surface area contributed by atoms with Gasteiger partial charge in [0, 0.05) is 23.1 Å². The summed E-state index contributed by atoms with van der Waals surface area (Å²) in [6.45, 7) is 11.9. The average Bonchev–Trinajstić information content (AvgIpc) is 2.84. The first kappa shape index (κ1) is 32.8. The van der Waals surface area contributed by atoms with Crippen LogP contribution in [-0.2, 0) is 0 Å². The summed E-state index contributed by atoms with van der Waals surface area (Å²) in [4.78, 5) is 22.0. The molecular weight excluding hydrogens is 523 g/mol. The first-order valence-electron chi connectivity index (χ1n) is 11.7. The molecule has 0 saturated carbocycles. The minimum absolute atomic E-state index is 0.00946. The maximum atomic E-state index is 11.9. The van der Waals surface area contributed by atoms with Gasteiger partial charge in [-0.25, -0.2) is 4.98 Å². The predicted molar refractivity (Wildman–Crippen MR) is 144 cm³/mol. The van der Waals surface area contributed by atoms with Gasteiger partial charge in [-0.2, -0.15) is 22.0 Å². The molecule has 0 aliphatic carbocycles. The fourth-order valence-corrected chi connectivity index (χ4v) is 3.65. The van der Waals surface area contributed by atoms with E-state index in [4.69, 9.17) is 4.74 Å². The second-order valence-corrected chi connectivity index (χ2v) is 9.03. The Kier molecular flexibility index (Phi) is 13.1. The van der Waals surface area contributed by atoms with E-state index in [1.165, 1.54) is 0 Å². The molecule has 0 aromatic carbocycles. The van der Waals surface area contributed by atoms with E-state index in [2.05, 4.69) is 23.5 Å². The number of Topliss-reactive ketones (excluding diaryl/α,β-unsaturated/α-hetero) is 1. The van der Waals surface area contributed by atoms with Gasteiger partial charge in [-0.3, -0.25) is 9.78 Å². The van der Waals surface area contributed by atoms with Crippen LogP contribution < -0.4 is 4.74 Å². The second-order valence-electron chi connectivity index (χ2n) is 7.72. The molecule has 2 rings (SSSR count). The van der Waals surface area contributed by atoms with Crippen molar-refractivity contribution in [2.24, 2.45) is 0 Å². The number of hydrogen-bond donors (Lipinski definition) is 0. The van der Waals surface area contributed by atoms with Crippen LogP contribution in [0.2, 0.25) is 0 Å². The Bertz CT molecular complexity index is 1190. The minimum Gasteiger partial charge on any atom is -0.460 e. The first-order chi connectivity index (χ1) is 17.8. The zero-order chi connectivity index (χ0) is 28.9. The number of ketones is 1. The van der Waals surface area contributed by atoms with Gasteiger partial charge in [0.15, 0.2) is 5.78 Å². The molecule has 0 spiro atoms. The highest BCUT2D eigenvalue weighted by atomic mass is 32.2. The number of rotatable bonds is 10. The molecule has 0 bridgehead atoms. The van der Waals surface area contributed by atoms with Crippen molar-refractivity contribution in [1.29, 1.82) is 0 Å². The molecule has 0 unspecified atom stereocenters. The molecule has 10 heteroatoms. The molecule has 2 aromatic heterocycles. The third-order valence-corrected chi connectivity index (χ3v) is 5.66. The maximum absolute atomic E-state index is 11.9. The van der Waals surface area contributed by atoms with Crippen LogP contribution in [0.3, 0.4) is 0 Å². The quantitative estimate of drug-likeness (QED) is 0.0964. The van der Waals surface area contributed by atoms with Crippen LogP contribution in [0, 0.1) is 0 Å². The molecule has 0 radical (unpaired) electrons. The van der Waals surface area contributed by atoms with Crippen LogP contribution in [0.4, 0.5) is 22.0 Å². The van der Waals surface area contributed by atoms with Gasteiger partial charge >= 0.3 is 12.1 Å². The standard InChI is InChI=1S/C24H26N2O2S.C4H5F5/c1-6-9-10-12-17(4)28-20-14-23(29-8-3)24(26-15-20)22-13-19(11-7-2)21(16-25-22)18(5)27;1-2-3(5,6)4(7,8)9/h6-7,9-16H,1,8H2,2-5H3;2H2,1H3/b10-9-,11-7-,17-12+;. The Morgan fingerprint density at radius 1 is 1.08 bits per heavy atom. The van der Waals surface area contributed by atoms with E-state index >= 15 is 0 Å². The second kappa shape index (κ2) is 15.2. The van der Waals surface area contributed by atoms with Gasteiger partial charge < -0.3 is 4.74 Å². The fraction of sp³-hybridized carbons (Fsp3) is 0.321. The van der Waals surface area contributed by atoms with Crippen molar-refractivity contribution in [3.63, 3.8) is 0 Å². The normalized spacial score (nSPS) is 12.4. The molecule has 0 atom stereocenters. The van der Waals surface area contributed by atoms with E-state index in [9.17, 15) is 26.7 Å². The number of ether oxygens (including phenoxy) is 1. The van der Waals surface area contributed by atoms with Crippen LogP contribution in [0.1, 0.15) is 57.0 Å². The Morgan fingerprint density at radius 3 is 2.26 bits per heavy atom. The number of carbonyl (C=O) groups is 1. The highest BCUT2D eigenvalue weighted by Crippen LogP contribution is 2.37. The van der Waals surface area contributed by atoms with Crippen LogP contribution in [-0.4, -0.2) is 33.6 Å². The molecule has 206 valence electrons. The monoisotopic (exact) mass is 554 g/mol. The lowest BCUT2D eigenvalue weighted by Crippen LogP contribution is -2.35. The third-order valence-electron chi connectivity index (χ3n) is 4.75. The van der Waals surface area contributed by atoms with E-state index < -0.39 is 18.5 Å². The fourth-order valence-electron chi connectivity index (χ4n) is 2.84. The van der Waals surface area contributed by atoms with Crippen LogP contribution in [0.15, 0.2) is 72.1 Å². The Labute approximate surface area is 224 Å². The van der Waals surface area contributed by atoms with Crippen molar-refractivity contribution in [3.05, 3.63) is 78.4 Å². The Morgan fingerprint density at radius 2 is 1.76 bits per heavy atom. The SMILES string of the molecule is C=C/C=C\C=C(/C)Oc1cnc(-c2cc(/C=C\C)c(C(C)=O)cn2)c(SCC)c1.CCC(F)(F)C(F)(F)F. The van der Waals surface area contributed by atoms with Crippen molar-refractivity contribution in [1.82, 2.24) is 9.97 Å². The van der Waals surface area contributed by atoms with Crippen LogP contribution in [0.5, 0.6) is 5.75 Å². The number of hydrogen-bond acceptors (Lipinski definition) is 5. The summed E-state index contributed by atoms with van der Waals surface area (Å²) in [5, 5.41) is 0. The predicted octanol–water partition coefficient (Wildman–Crippen LogP) is 9.11. The van der Waals surface area contributed by atoms with Crippen molar-refractivity contribution in [2.45, 2.75) is 58.0 Å². The summed E-state index contributed by atoms with van der Waals surface area (Å²) in [5.41, 5.74) is 2.95. The van der Waals surface area contributed by atoms with Crippen molar-refractivity contribution >= 4 is 23.6 Å². The van der Waals surface area contributed by atoms with Gasteiger partial charge in [0.25, 0.3) is 0 Å². The average molecular weight is 555 g/mol. The summed E-state index contributed by atoms with van der Waals surface area (Å²) < 4.78 is 62.2. The zero-order valence-electron chi connectivity index (χ0n) is 21.9. The molecule has 2 aromatic rings. The lowest BCUT2D eigenvalue weighted by Gasteiger charge is -2.16. The number of halogens is 5. The van der Waals surface area contributed by atoms with Gasteiger partial charge in [0.1, 0.15) is 17.2 Å². The molecule has 0 amide bonds. The molecule has 0 N–H and O–H groups in total. The molecule has 38 heavy (non-hydrogen) atoms. The van der Waals surface area contributed by atoms with Crippen molar-refractivity contribution in [2.75, 3.05) is 5.75 Å². The number of nitrogens with zero attached hydrogens (tertiary/aromatic N) is 2. The highest BCUT2D eigenvalue weighted by molar-refractivity contribution is 7.99. The van der Waals surface area contributed by atoms with E-state index in [0.29, 0.717) is 11.3 Å². The number of carbonyl (C=O) groups excluding carboxylic acids is 1. The van der Waals surface area contributed by atoms with Gasteiger partial charge in [-0.05, 0) is 50.3 Å². The van der Waals surface area contributed by atoms with Gasteiger partial charge in [0.05, 0.1) is 11.9 Å². The van der Waals surface area contributed by atoms with E-state index in [1.807, 2.05) is 56.4 Å². The summed E-state index contributed by atoms with van der Waals surface area (Å²) in [7, 11) is 0. The number of allylic oxidation sites excluding steroid dienone is 6. The largest absolute Gasteiger partial charge is 0.460 e. The minimum atomic E-state index is -5.39. The van der Waals surface area contributed by atoms with Gasteiger partial charge in [-0.1, -0.05) is 50.8 Å². The first-order valence-corrected chi connectivity index (χ1v) is 12.6. The van der Waals surface area contributed by atoms with E-state index in [-0.39, 0.29) is 5.78 Å². The van der Waals surface area contributed by atoms with Crippen molar-refractivity contribution < 1.29 is 31.5 Å². The number of thioether (sulfide) groups is 1. The lowest BCUT2D eigenvalue weighted by atomic mass is 10.0. The molecular formula is C28H31F5N2O2S. The summed E-state index contributed by atoms with van der Waals surface area (Å²) >= 11 is 1.68. The number of alkyl halides is 5. The summed E-state index contributed by atoms with van der Waals surface area (Å²) in [6.07, 6.45) is 7.84. The molecule has 0 aliphatic rings.